The van der Waals surface area contributed by atoms with Crippen molar-refractivity contribution in [3.05, 3.63) is 45.5 Å². The Kier molecular flexibility index (Phi) is 6.05. The number of benzene rings is 1. The van der Waals surface area contributed by atoms with E-state index in [1.807, 2.05) is 12.1 Å². The van der Waals surface area contributed by atoms with Gasteiger partial charge >= 0.3 is 0 Å². The number of carbonyl (C=O) groups is 1. The molecule has 3 saturated heterocycles. The number of ether oxygens (including phenoxy) is 1. The molecule has 3 aliphatic heterocycles. The summed E-state index contributed by atoms with van der Waals surface area (Å²) < 4.78 is 20.3. The Hall–Kier alpha value is -1.51. The molecular weight excluding hydrogens is 437 g/mol. The van der Waals surface area contributed by atoms with E-state index in [1.54, 1.807) is 17.0 Å². The number of likely N-dealkylation sites (tertiary alicyclic amines) is 2. The van der Waals surface area contributed by atoms with Gasteiger partial charge in [-0.15, -0.1) is 11.3 Å². The summed E-state index contributed by atoms with van der Waals surface area (Å²) in [6.07, 6.45) is 2.74. The Balaban J connectivity index is 1.29. The molecule has 1 aromatic heterocycles. The average Bonchev–Trinajstić information content (AvgIpc) is 3.33. The van der Waals surface area contributed by atoms with Gasteiger partial charge in [0.2, 0.25) is 0 Å². The van der Waals surface area contributed by atoms with Crippen LogP contribution in [0.15, 0.2) is 24.3 Å². The predicted octanol–water partition coefficient (Wildman–Crippen LogP) is 3.96. The van der Waals surface area contributed by atoms with Gasteiger partial charge < -0.3 is 15.4 Å². The van der Waals surface area contributed by atoms with Crippen molar-refractivity contribution in [1.29, 1.82) is 0 Å². The molecule has 3 aliphatic rings. The van der Waals surface area contributed by atoms with E-state index in [4.69, 9.17) is 22.1 Å². The highest BCUT2D eigenvalue weighted by molar-refractivity contribution is 7.18. The van der Waals surface area contributed by atoms with Gasteiger partial charge in [0.05, 0.1) is 24.3 Å². The highest BCUT2D eigenvalue weighted by atomic mass is 35.5. The Morgan fingerprint density at radius 2 is 1.94 bits per heavy atom. The maximum atomic E-state index is 15.1. The SMILES string of the molecule is N[C@H]1CCN(C(=O)c2sc(-c3ccc(C4CCN(C5COC5)CC4)c(F)c3)cc2Cl)C1. The Morgan fingerprint density at radius 1 is 1.16 bits per heavy atom. The van der Waals surface area contributed by atoms with E-state index in [1.165, 1.54) is 11.3 Å². The number of piperidine rings is 1. The lowest BCUT2D eigenvalue weighted by atomic mass is 9.88. The van der Waals surface area contributed by atoms with Crippen molar-refractivity contribution in [2.24, 2.45) is 5.73 Å². The van der Waals surface area contributed by atoms with Crippen LogP contribution in [0.2, 0.25) is 5.02 Å². The van der Waals surface area contributed by atoms with Gasteiger partial charge in [-0.05, 0) is 61.5 Å². The second kappa shape index (κ2) is 8.79. The van der Waals surface area contributed by atoms with Crippen molar-refractivity contribution < 1.29 is 13.9 Å². The highest BCUT2D eigenvalue weighted by Crippen LogP contribution is 2.38. The minimum Gasteiger partial charge on any atom is -0.378 e. The maximum Gasteiger partial charge on any atom is 0.265 e. The summed E-state index contributed by atoms with van der Waals surface area (Å²) in [7, 11) is 0. The lowest BCUT2D eigenvalue weighted by molar-refractivity contribution is -0.0713. The average molecular weight is 464 g/mol. The Bertz CT molecular complexity index is 972. The number of carbonyl (C=O) groups excluding carboxylic acids is 1. The summed E-state index contributed by atoms with van der Waals surface area (Å²) in [5.41, 5.74) is 7.48. The van der Waals surface area contributed by atoms with E-state index in [0.717, 1.165) is 61.6 Å². The van der Waals surface area contributed by atoms with E-state index in [9.17, 15) is 4.79 Å². The molecule has 0 saturated carbocycles. The van der Waals surface area contributed by atoms with Crippen LogP contribution in [0.5, 0.6) is 0 Å². The molecule has 0 aliphatic carbocycles. The van der Waals surface area contributed by atoms with Gasteiger partial charge in [-0.3, -0.25) is 9.69 Å². The zero-order valence-corrected chi connectivity index (χ0v) is 18.9. The number of rotatable bonds is 4. The third kappa shape index (κ3) is 4.26. The van der Waals surface area contributed by atoms with Crippen LogP contribution in [0.4, 0.5) is 4.39 Å². The molecule has 31 heavy (non-hydrogen) atoms. The van der Waals surface area contributed by atoms with Crippen LogP contribution in [0.25, 0.3) is 10.4 Å². The molecule has 1 aromatic carbocycles. The molecule has 0 spiro atoms. The highest BCUT2D eigenvalue weighted by Gasteiger charge is 2.31. The maximum absolute atomic E-state index is 15.1. The molecular formula is C23H27ClFN3O2S. The van der Waals surface area contributed by atoms with Gasteiger partial charge in [-0.25, -0.2) is 4.39 Å². The van der Waals surface area contributed by atoms with Gasteiger partial charge in [0.15, 0.2) is 0 Å². The molecule has 5 nitrogen and oxygen atoms in total. The second-order valence-electron chi connectivity index (χ2n) is 8.83. The summed E-state index contributed by atoms with van der Waals surface area (Å²) in [6, 6.07) is 7.79. The van der Waals surface area contributed by atoms with Gasteiger partial charge in [0, 0.05) is 24.0 Å². The van der Waals surface area contributed by atoms with E-state index < -0.39 is 0 Å². The van der Waals surface area contributed by atoms with Crippen molar-refractivity contribution in [2.75, 3.05) is 39.4 Å². The van der Waals surface area contributed by atoms with Crippen LogP contribution < -0.4 is 5.73 Å². The topological polar surface area (TPSA) is 58.8 Å². The van der Waals surface area contributed by atoms with E-state index in [0.29, 0.717) is 29.0 Å². The fourth-order valence-corrected chi connectivity index (χ4v) is 6.18. The monoisotopic (exact) mass is 463 g/mol. The molecule has 2 aromatic rings. The minimum absolute atomic E-state index is 0.0257. The molecule has 0 unspecified atom stereocenters. The van der Waals surface area contributed by atoms with Crippen molar-refractivity contribution in [2.45, 2.75) is 37.3 Å². The van der Waals surface area contributed by atoms with Crippen molar-refractivity contribution in [1.82, 2.24) is 9.80 Å². The summed E-state index contributed by atoms with van der Waals surface area (Å²) in [6.45, 7) is 4.84. The third-order valence-corrected chi connectivity index (χ3v) is 8.37. The lowest BCUT2D eigenvalue weighted by Gasteiger charge is -2.41. The number of halogens is 2. The second-order valence-corrected chi connectivity index (χ2v) is 10.3. The van der Waals surface area contributed by atoms with E-state index in [2.05, 4.69) is 4.90 Å². The zero-order chi connectivity index (χ0) is 21.5. The van der Waals surface area contributed by atoms with Crippen LogP contribution >= 0.6 is 22.9 Å². The molecule has 1 atom stereocenters. The van der Waals surface area contributed by atoms with Crippen LogP contribution in [0, 0.1) is 5.82 Å². The van der Waals surface area contributed by atoms with Crippen LogP contribution in [0.1, 0.15) is 40.4 Å². The number of amides is 1. The smallest absolute Gasteiger partial charge is 0.265 e. The first kappa shape index (κ1) is 21.3. The molecule has 4 heterocycles. The molecule has 0 radical (unpaired) electrons. The van der Waals surface area contributed by atoms with Crippen LogP contribution in [0.3, 0.4) is 0 Å². The van der Waals surface area contributed by atoms with E-state index >= 15 is 4.39 Å². The first-order chi connectivity index (χ1) is 15.0. The molecule has 1 amide bonds. The van der Waals surface area contributed by atoms with Crippen molar-refractivity contribution in [3.8, 4) is 10.4 Å². The fourth-order valence-electron chi connectivity index (χ4n) is 4.79. The molecule has 5 rings (SSSR count). The summed E-state index contributed by atoms with van der Waals surface area (Å²) >= 11 is 7.70. The molecule has 3 fully saturated rings. The lowest BCUT2D eigenvalue weighted by Crippen LogP contribution is -2.51. The first-order valence-corrected chi connectivity index (χ1v) is 12.1. The predicted molar refractivity (Wildman–Crippen MR) is 121 cm³/mol. The largest absolute Gasteiger partial charge is 0.378 e. The summed E-state index contributed by atoms with van der Waals surface area (Å²) in [5, 5.41) is 0.419. The number of nitrogens with two attached hydrogens (primary N) is 1. The third-order valence-electron chi connectivity index (χ3n) is 6.78. The van der Waals surface area contributed by atoms with Gasteiger partial charge in [-0.1, -0.05) is 23.7 Å². The number of nitrogens with zero attached hydrogens (tertiary/aromatic N) is 2. The number of hydrogen-bond donors (Lipinski definition) is 1. The molecule has 2 N–H and O–H groups in total. The molecule has 166 valence electrons. The minimum atomic E-state index is -0.175. The van der Waals surface area contributed by atoms with Gasteiger partial charge in [-0.2, -0.15) is 0 Å². The molecule has 8 heteroatoms. The Labute approximate surface area is 190 Å². The van der Waals surface area contributed by atoms with Gasteiger partial charge in [0.25, 0.3) is 5.91 Å². The van der Waals surface area contributed by atoms with Crippen LogP contribution in [-0.2, 0) is 4.74 Å². The standard InChI is InChI=1S/C23H27ClFN3O2S/c24-19-10-21(31-22(19)23(29)28-8-5-16(26)11-28)15-1-2-18(20(25)9-15)14-3-6-27(7-4-14)17-12-30-13-17/h1-2,9-10,14,16-17H,3-8,11-13,26H2/t16-/m0/s1. The van der Waals surface area contributed by atoms with Crippen molar-refractivity contribution in [3.63, 3.8) is 0 Å². The van der Waals surface area contributed by atoms with Crippen molar-refractivity contribution >= 4 is 28.8 Å². The summed E-state index contributed by atoms with van der Waals surface area (Å²) in [4.78, 5) is 18.3. The zero-order valence-electron chi connectivity index (χ0n) is 17.4. The van der Waals surface area contributed by atoms with E-state index in [-0.39, 0.29) is 23.7 Å². The summed E-state index contributed by atoms with van der Waals surface area (Å²) in [5.74, 6) is -0.0181. The normalized spacial score (nSPS) is 23.3. The molecule has 0 bridgehead atoms. The van der Waals surface area contributed by atoms with Gasteiger partial charge in [0.1, 0.15) is 10.7 Å². The number of hydrogen-bond acceptors (Lipinski definition) is 5. The number of thiophene rings is 1. The first-order valence-electron chi connectivity index (χ1n) is 11.0. The quantitative estimate of drug-likeness (QED) is 0.745. The fraction of sp³-hybridized carbons (Fsp3) is 0.522. The Morgan fingerprint density at radius 3 is 2.55 bits per heavy atom. The van der Waals surface area contributed by atoms with Crippen LogP contribution in [-0.4, -0.2) is 67.2 Å².